The van der Waals surface area contributed by atoms with Gasteiger partial charge in [0.1, 0.15) is 12.2 Å². The van der Waals surface area contributed by atoms with Crippen LogP contribution in [0.5, 0.6) is 5.19 Å². The molecule has 148 valence electrons. The van der Waals surface area contributed by atoms with Crippen molar-refractivity contribution in [2.75, 3.05) is 20.3 Å². The molecule has 0 unspecified atom stereocenters. The zero-order valence-corrected chi connectivity index (χ0v) is 16.8. The molecule has 0 spiro atoms. The van der Waals surface area contributed by atoms with Gasteiger partial charge in [-0.05, 0) is 18.1 Å². The number of ether oxygens (including phenoxy) is 3. The minimum atomic E-state index is -0.347. The molecule has 0 amide bonds. The van der Waals surface area contributed by atoms with Crippen molar-refractivity contribution in [3.8, 4) is 11.3 Å². The normalized spacial score (nSPS) is 16.5. The molecule has 2 aromatic rings. The molecule has 28 heavy (non-hydrogen) atoms. The Bertz CT molecular complexity index is 882. The molecule has 1 aliphatic rings. The first kappa shape index (κ1) is 20.3. The number of methoxy groups -OCH3 is 1. The number of oxime groups is 1. The van der Waals surface area contributed by atoms with Crippen LogP contribution in [0, 0.1) is 11.3 Å². The number of nitrogens with zero attached hydrogens (tertiary/aromatic N) is 3. The first-order chi connectivity index (χ1) is 13.6. The fourth-order valence-electron chi connectivity index (χ4n) is 3.31. The molecule has 7 nitrogen and oxygen atoms in total. The second-order valence-corrected chi connectivity index (χ2v) is 7.59. The van der Waals surface area contributed by atoms with Crippen LogP contribution < -0.4 is 4.74 Å². The van der Waals surface area contributed by atoms with Crippen LogP contribution in [0.25, 0.3) is 0 Å². The van der Waals surface area contributed by atoms with Crippen LogP contribution in [0.15, 0.2) is 29.6 Å². The smallest absolute Gasteiger partial charge is 0.273 e. The Balaban J connectivity index is 1.72. The van der Waals surface area contributed by atoms with Gasteiger partial charge in [0, 0.05) is 44.9 Å². The molecular formula is C20H23N3O4S. The van der Waals surface area contributed by atoms with Gasteiger partial charge in [-0.1, -0.05) is 34.7 Å². The summed E-state index contributed by atoms with van der Waals surface area (Å²) in [7, 11) is 1.72. The fourth-order valence-corrected chi connectivity index (χ4v) is 4.30. The number of thiazole rings is 1. The molecular weight excluding hydrogens is 378 g/mol. The van der Waals surface area contributed by atoms with Crippen molar-refractivity contribution in [3.63, 3.8) is 0 Å². The predicted octanol–water partition coefficient (Wildman–Crippen LogP) is 3.64. The highest BCUT2D eigenvalue weighted by Crippen LogP contribution is 2.40. The topological polar surface area (TPSA) is 97.0 Å². The molecule has 0 radical (unpaired) electrons. The summed E-state index contributed by atoms with van der Waals surface area (Å²) < 4.78 is 17.1. The van der Waals surface area contributed by atoms with E-state index in [2.05, 4.69) is 16.2 Å². The minimum Gasteiger partial charge on any atom is -0.465 e. The molecule has 1 N–H and O–H groups in total. The lowest BCUT2D eigenvalue weighted by molar-refractivity contribution is -0.0926. The van der Waals surface area contributed by atoms with Crippen molar-refractivity contribution < 1.29 is 19.4 Å². The third kappa shape index (κ3) is 4.33. The Morgan fingerprint density at radius 3 is 2.89 bits per heavy atom. The number of benzene rings is 1. The standard InChI is InChI=1S/C20H23N3O4S/c1-14(23-24)17-4-3-15(11-16(17)5-8-21)13-27-19-22-12-18(28-19)20(25-2)6-9-26-10-7-20/h3-4,11-12,24H,5-7,9-10,13H2,1-2H3/b23-14+. The van der Waals surface area contributed by atoms with E-state index in [9.17, 15) is 0 Å². The molecule has 3 rings (SSSR count). The van der Waals surface area contributed by atoms with Crippen molar-refractivity contribution in [3.05, 3.63) is 46.0 Å². The van der Waals surface area contributed by atoms with Crippen LogP contribution in [0.3, 0.4) is 0 Å². The summed E-state index contributed by atoms with van der Waals surface area (Å²) in [6.45, 7) is 3.38. The van der Waals surface area contributed by atoms with Gasteiger partial charge in [-0.15, -0.1) is 0 Å². The van der Waals surface area contributed by atoms with E-state index in [4.69, 9.17) is 24.7 Å². The third-order valence-corrected chi connectivity index (χ3v) is 6.06. The van der Waals surface area contributed by atoms with Gasteiger partial charge in [0.15, 0.2) is 0 Å². The van der Waals surface area contributed by atoms with Crippen molar-refractivity contribution in [1.29, 1.82) is 5.26 Å². The number of hydrogen-bond donors (Lipinski definition) is 1. The minimum absolute atomic E-state index is 0.232. The number of rotatable bonds is 7. The quantitative estimate of drug-likeness (QED) is 0.432. The SMILES string of the molecule is COC1(c2cnc(OCc3ccc(/C(C)=N/O)c(CC#N)c3)s2)CCOCC1. The number of nitriles is 1. The summed E-state index contributed by atoms with van der Waals surface area (Å²) in [4.78, 5) is 5.43. The van der Waals surface area contributed by atoms with Crippen molar-refractivity contribution >= 4 is 17.0 Å². The van der Waals surface area contributed by atoms with E-state index in [1.54, 1.807) is 14.0 Å². The Labute approximate surface area is 168 Å². The number of aromatic nitrogens is 1. The Hall–Kier alpha value is -2.47. The van der Waals surface area contributed by atoms with Gasteiger partial charge >= 0.3 is 0 Å². The average Bonchev–Trinajstić information content (AvgIpc) is 3.22. The van der Waals surface area contributed by atoms with Gasteiger partial charge in [0.25, 0.3) is 5.19 Å². The van der Waals surface area contributed by atoms with Crippen molar-refractivity contribution in [2.24, 2.45) is 5.16 Å². The van der Waals surface area contributed by atoms with E-state index < -0.39 is 0 Å². The van der Waals surface area contributed by atoms with Crippen LogP contribution in [0.1, 0.15) is 41.3 Å². The average molecular weight is 401 g/mol. The zero-order valence-electron chi connectivity index (χ0n) is 16.0. The fraction of sp³-hybridized carbons (Fsp3) is 0.450. The van der Waals surface area contributed by atoms with E-state index in [1.165, 1.54) is 11.3 Å². The maximum absolute atomic E-state index is 9.06. The lowest BCUT2D eigenvalue weighted by Crippen LogP contribution is -2.34. The lowest BCUT2D eigenvalue weighted by atomic mass is 9.93. The van der Waals surface area contributed by atoms with Gasteiger partial charge < -0.3 is 19.4 Å². The molecule has 0 atom stereocenters. The van der Waals surface area contributed by atoms with Crippen LogP contribution >= 0.6 is 11.3 Å². The Kier molecular flexibility index (Phi) is 6.62. The van der Waals surface area contributed by atoms with E-state index in [0.29, 0.717) is 30.7 Å². The lowest BCUT2D eigenvalue weighted by Gasteiger charge is -2.34. The van der Waals surface area contributed by atoms with Gasteiger partial charge in [-0.2, -0.15) is 5.26 Å². The summed E-state index contributed by atoms with van der Waals surface area (Å²) in [5.74, 6) is 0. The Morgan fingerprint density at radius 1 is 1.43 bits per heavy atom. The molecule has 1 aromatic heterocycles. The van der Waals surface area contributed by atoms with Crippen LogP contribution in [0.2, 0.25) is 0 Å². The Morgan fingerprint density at radius 2 is 2.21 bits per heavy atom. The zero-order chi connectivity index (χ0) is 20.0. The van der Waals surface area contributed by atoms with Crippen LogP contribution in [0.4, 0.5) is 0 Å². The monoisotopic (exact) mass is 401 g/mol. The van der Waals surface area contributed by atoms with E-state index in [0.717, 1.165) is 34.4 Å². The third-order valence-electron chi connectivity index (χ3n) is 4.97. The summed E-state index contributed by atoms with van der Waals surface area (Å²) in [5, 5.41) is 21.9. The molecule has 1 saturated heterocycles. The molecule has 8 heteroatoms. The second-order valence-electron chi connectivity index (χ2n) is 6.60. The van der Waals surface area contributed by atoms with E-state index in [1.807, 2.05) is 24.4 Å². The molecule has 0 aliphatic carbocycles. The van der Waals surface area contributed by atoms with Crippen LogP contribution in [-0.4, -0.2) is 36.2 Å². The highest BCUT2D eigenvalue weighted by atomic mass is 32.1. The summed E-state index contributed by atoms with van der Waals surface area (Å²) >= 11 is 1.49. The summed E-state index contributed by atoms with van der Waals surface area (Å²) in [5.41, 5.74) is 2.61. The first-order valence-corrected chi connectivity index (χ1v) is 9.83. The summed E-state index contributed by atoms with van der Waals surface area (Å²) in [6.07, 6.45) is 3.65. The molecule has 1 aliphatic heterocycles. The maximum Gasteiger partial charge on any atom is 0.273 e. The molecule has 0 saturated carbocycles. The van der Waals surface area contributed by atoms with Gasteiger partial charge in [0.05, 0.1) is 23.1 Å². The van der Waals surface area contributed by atoms with Gasteiger partial charge in [0.2, 0.25) is 0 Å². The molecule has 1 fully saturated rings. The molecule has 0 bridgehead atoms. The second kappa shape index (κ2) is 9.15. The molecule has 1 aromatic carbocycles. The van der Waals surface area contributed by atoms with E-state index >= 15 is 0 Å². The summed E-state index contributed by atoms with van der Waals surface area (Å²) in [6, 6.07) is 7.78. The predicted molar refractivity (Wildman–Crippen MR) is 105 cm³/mol. The van der Waals surface area contributed by atoms with Gasteiger partial charge in [-0.25, -0.2) is 4.98 Å². The highest BCUT2D eigenvalue weighted by molar-refractivity contribution is 7.13. The van der Waals surface area contributed by atoms with Crippen molar-refractivity contribution in [2.45, 2.75) is 38.4 Å². The van der Waals surface area contributed by atoms with Gasteiger partial charge in [-0.3, -0.25) is 0 Å². The first-order valence-electron chi connectivity index (χ1n) is 9.01. The highest BCUT2D eigenvalue weighted by Gasteiger charge is 2.36. The van der Waals surface area contributed by atoms with E-state index in [-0.39, 0.29) is 12.0 Å². The van der Waals surface area contributed by atoms with Crippen LogP contribution in [-0.2, 0) is 28.1 Å². The number of hydrogen-bond acceptors (Lipinski definition) is 8. The maximum atomic E-state index is 9.06. The molecule has 2 heterocycles. The largest absolute Gasteiger partial charge is 0.465 e. The van der Waals surface area contributed by atoms with Crippen molar-refractivity contribution in [1.82, 2.24) is 4.98 Å².